The number of benzene rings is 1. The number of carbonyl (C=O) groups is 1. The number of rotatable bonds is 6. The molecule has 0 bridgehead atoms. The summed E-state index contributed by atoms with van der Waals surface area (Å²) >= 11 is 0. The molecule has 3 aromatic rings. The molecule has 5 nitrogen and oxygen atoms in total. The van der Waals surface area contributed by atoms with Crippen LogP contribution in [0.5, 0.6) is 0 Å². The Morgan fingerprint density at radius 2 is 1.79 bits per heavy atom. The first-order chi connectivity index (χ1) is 13.3. The molecule has 3 rings (SSSR count). The summed E-state index contributed by atoms with van der Waals surface area (Å²) in [5.41, 5.74) is 2.56. The molecule has 1 amide bonds. The number of hydrogen-bond donors (Lipinski definition) is 1. The number of alkyl halides is 3. The van der Waals surface area contributed by atoms with E-state index in [4.69, 9.17) is 0 Å². The Hall–Kier alpha value is -3.16. The summed E-state index contributed by atoms with van der Waals surface area (Å²) in [4.78, 5) is 16.3. The Bertz CT molecular complexity index is 931. The number of hydrogen-bond acceptors (Lipinski definition) is 3. The molecule has 0 aliphatic heterocycles. The second-order valence-electron chi connectivity index (χ2n) is 6.43. The van der Waals surface area contributed by atoms with Crippen molar-refractivity contribution in [1.82, 2.24) is 20.1 Å². The number of pyridine rings is 1. The van der Waals surface area contributed by atoms with E-state index in [9.17, 15) is 18.0 Å². The molecule has 2 aromatic heterocycles. The van der Waals surface area contributed by atoms with Crippen molar-refractivity contribution in [2.24, 2.45) is 7.05 Å². The second kappa shape index (κ2) is 8.24. The quantitative estimate of drug-likeness (QED) is 0.700. The van der Waals surface area contributed by atoms with Crippen LogP contribution in [0.1, 0.15) is 23.1 Å². The molecule has 1 aromatic carbocycles. The number of nitrogens with zero attached hydrogens (tertiary/aromatic N) is 3. The van der Waals surface area contributed by atoms with Crippen molar-refractivity contribution < 1.29 is 18.0 Å². The molecule has 8 heteroatoms. The molecule has 0 saturated carbocycles. The van der Waals surface area contributed by atoms with Crippen LogP contribution in [-0.4, -0.2) is 20.7 Å². The van der Waals surface area contributed by atoms with E-state index >= 15 is 0 Å². The van der Waals surface area contributed by atoms with Gasteiger partial charge in [0, 0.05) is 38.0 Å². The van der Waals surface area contributed by atoms with E-state index in [1.807, 2.05) is 25.4 Å². The third kappa shape index (κ3) is 5.18. The molecule has 0 spiro atoms. The molecule has 0 radical (unpaired) electrons. The standard InChI is InChI=1S/C20H19F3N4O/c1-27-13-16(12-26-27)18-8-4-15(10-24-18)11-25-19(28)9-5-14-2-6-17(7-3-14)20(21,22)23/h2-4,6-8,10,12-13H,5,9,11H2,1H3,(H,25,28). The maximum atomic E-state index is 12.5. The largest absolute Gasteiger partial charge is 0.416 e. The van der Waals surface area contributed by atoms with Crippen LogP contribution in [0.4, 0.5) is 13.2 Å². The second-order valence-corrected chi connectivity index (χ2v) is 6.43. The first-order valence-corrected chi connectivity index (χ1v) is 8.68. The van der Waals surface area contributed by atoms with Crippen molar-refractivity contribution in [1.29, 1.82) is 0 Å². The van der Waals surface area contributed by atoms with Gasteiger partial charge in [0.25, 0.3) is 0 Å². The Labute approximate surface area is 160 Å². The summed E-state index contributed by atoms with van der Waals surface area (Å²) in [6.45, 7) is 0.339. The lowest BCUT2D eigenvalue weighted by atomic mass is 10.1. The van der Waals surface area contributed by atoms with Gasteiger partial charge < -0.3 is 5.32 Å². The van der Waals surface area contributed by atoms with Crippen molar-refractivity contribution in [3.05, 3.63) is 71.7 Å². The van der Waals surface area contributed by atoms with E-state index in [0.717, 1.165) is 29.0 Å². The molecule has 28 heavy (non-hydrogen) atoms. The topological polar surface area (TPSA) is 59.8 Å². The van der Waals surface area contributed by atoms with Gasteiger partial charge in [0.15, 0.2) is 0 Å². The van der Waals surface area contributed by atoms with Crippen LogP contribution in [0.25, 0.3) is 11.3 Å². The molecule has 1 N–H and O–H groups in total. The minimum absolute atomic E-state index is 0.170. The minimum atomic E-state index is -4.35. The van der Waals surface area contributed by atoms with Crippen molar-refractivity contribution in [2.45, 2.75) is 25.6 Å². The van der Waals surface area contributed by atoms with Gasteiger partial charge in [-0.25, -0.2) is 0 Å². The SMILES string of the molecule is Cn1cc(-c2ccc(CNC(=O)CCc3ccc(C(F)(F)F)cc3)cn2)cn1. The number of aryl methyl sites for hydroxylation is 2. The summed E-state index contributed by atoms with van der Waals surface area (Å²) in [6, 6.07) is 8.60. The Morgan fingerprint density at radius 1 is 1.07 bits per heavy atom. The fourth-order valence-corrected chi connectivity index (χ4v) is 2.66. The molecule has 0 atom stereocenters. The maximum absolute atomic E-state index is 12.5. The number of carbonyl (C=O) groups excluding carboxylic acids is 1. The van der Waals surface area contributed by atoms with Crippen LogP contribution < -0.4 is 5.32 Å². The average Bonchev–Trinajstić information content (AvgIpc) is 3.11. The fraction of sp³-hybridized carbons (Fsp3) is 0.250. The van der Waals surface area contributed by atoms with Crippen LogP contribution in [0, 0.1) is 0 Å². The maximum Gasteiger partial charge on any atom is 0.416 e. The number of nitrogens with one attached hydrogen (secondary N) is 1. The summed E-state index contributed by atoms with van der Waals surface area (Å²) in [6.07, 6.45) is 1.51. The predicted octanol–water partition coefficient (Wildman–Crippen LogP) is 3.75. The van der Waals surface area contributed by atoms with Gasteiger partial charge in [-0.3, -0.25) is 14.5 Å². The van der Waals surface area contributed by atoms with Crippen LogP contribution in [0.2, 0.25) is 0 Å². The monoisotopic (exact) mass is 388 g/mol. The lowest BCUT2D eigenvalue weighted by Gasteiger charge is -2.08. The van der Waals surface area contributed by atoms with Gasteiger partial charge in [0.05, 0.1) is 17.5 Å². The zero-order valence-electron chi connectivity index (χ0n) is 15.2. The van der Waals surface area contributed by atoms with E-state index in [2.05, 4.69) is 15.4 Å². The summed E-state index contributed by atoms with van der Waals surface area (Å²) < 4.78 is 39.3. The first-order valence-electron chi connectivity index (χ1n) is 8.68. The van der Waals surface area contributed by atoms with Crippen molar-refractivity contribution in [3.8, 4) is 11.3 Å². The summed E-state index contributed by atoms with van der Waals surface area (Å²) in [5, 5.41) is 6.89. The molecule has 2 heterocycles. The van der Waals surface area contributed by atoms with Gasteiger partial charge >= 0.3 is 6.18 Å². The smallest absolute Gasteiger partial charge is 0.352 e. The van der Waals surface area contributed by atoms with E-state index < -0.39 is 11.7 Å². The van der Waals surface area contributed by atoms with E-state index in [-0.39, 0.29) is 12.3 Å². The molecule has 0 aliphatic carbocycles. The van der Waals surface area contributed by atoms with E-state index in [0.29, 0.717) is 18.5 Å². The highest BCUT2D eigenvalue weighted by Crippen LogP contribution is 2.29. The fourth-order valence-electron chi connectivity index (χ4n) is 2.66. The molecule has 146 valence electrons. The van der Waals surface area contributed by atoms with Crippen LogP contribution >= 0.6 is 0 Å². The zero-order valence-corrected chi connectivity index (χ0v) is 15.2. The van der Waals surface area contributed by atoms with Gasteiger partial charge in [0.2, 0.25) is 5.91 Å². The predicted molar refractivity (Wildman–Crippen MR) is 98.1 cm³/mol. The molecular formula is C20H19F3N4O. The van der Waals surface area contributed by atoms with Crippen LogP contribution in [-0.2, 0) is 31.0 Å². The third-order valence-corrected chi connectivity index (χ3v) is 4.24. The average molecular weight is 388 g/mol. The molecular weight excluding hydrogens is 369 g/mol. The lowest BCUT2D eigenvalue weighted by Crippen LogP contribution is -2.23. The lowest BCUT2D eigenvalue weighted by molar-refractivity contribution is -0.137. The normalized spacial score (nSPS) is 11.4. The van der Waals surface area contributed by atoms with Gasteiger partial charge in [0.1, 0.15) is 0 Å². The highest BCUT2D eigenvalue weighted by Gasteiger charge is 2.29. The first kappa shape index (κ1) is 19.6. The van der Waals surface area contributed by atoms with Crippen LogP contribution in [0.15, 0.2) is 55.0 Å². The number of halogens is 3. The van der Waals surface area contributed by atoms with Crippen LogP contribution in [0.3, 0.4) is 0 Å². The molecule has 0 fully saturated rings. The summed E-state index contributed by atoms with van der Waals surface area (Å²) in [7, 11) is 1.83. The highest BCUT2D eigenvalue weighted by atomic mass is 19.4. The van der Waals surface area contributed by atoms with Gasteiger partial charge in [-0.2, -0.15) is 18.3 Å². The zero-order chi connectivity index (χ0) is 20.1. The number of aromatic nitrogens is 3. The van der Waals surface area contributed by atoms with Gasteiger partial charge in [-0.1, -0.05) is 18.2 Å². The molecule has 0 aliphatic rings. The van der Waals surface area contributed by atoms with Crippen molar-refractivity contribution in [2.75, 3.05) is 0 Å². The van der Waals surface area contributed by atoms with E-state index in [1.165, 1.54) is 12.1 Å². The Balaban J connectivity index is 1.46. The van der Waals surface area contributed by atoms with Gasteiger partial charge in [-0.05, 0) is 35.7 Å². The Kier molecular flexibility index (Phi) is 5.77. The minimum Gasteiger partial charge on any atom is -0.352 e. The van der Waals surface area contributed by atoms with Gasteiger partial charge in [-0.15, -0.1) is 0 Å². The Morgan fingerprint density at radius 3 is 2.36 bits per heavy atom. The third-order valence-electron chi connectivity index (χ3n) is 4.24. The van der Waals surface area contributed by atoms with Crippen molar-refractivity contribution >= 4 is 5.91 Å². The highest BCUT2D eigenvalue weighted by molar-refractivity contribution is 5.76. The number of amides is 1. The molecule has 0 unspecified atom stereocenters. The van der Waals surface area contributed by atoms with Crippen molar-refractivity contribution in [3.63, 3.8) is 0 Å². The van der Waals surface area contributed by atoms with E-state index in [1.54, 1.807) is 17.1 Å². The summed E-state index contributed by atoms with van der Waals surface area (Å²) in [5.74, 6) is -0.170. The molecule has 0 saturated heterocycles.